The Morgan fingerprint density at radius 1 is 1.25 bits per heavy atom. The van der Waals surface area contributed by atoms with Crippen molar-refractivity contribution in [1.82, 2.24) is 4.90 Å². The van der Waals surface area contributed by atoms with Crippen LogP contribution in [0.1, 0.15) is 30.9 Å². The van der Waals surface area contributed by atoms with E-state index in [-0.39, 0.29) is 5.54 Å². The molecule has 2 atom stereocenters. The molecule has 0 radical (unpaired) electrons. The van der Waals surface area contributed by atoms with Crippen molar-refractivity contribution in [3.63, 3.8) is 0 Å². The van der Waals surface area contributed by atoms with Crippen LogP contribution in [0.4, 0.5) is 0 Å². The Kier molecular flexibility index (Phi) is 4.11. The lowest BCUT2D eigenvalue weighted by Gasteiger charge is -2.47. The first-order valence-electron chi connectivity index (χ1n) is 7.87. The van der Waals surface area contributed by atoms with E-state index < -0.39 is 0 Å². The summed E-state index contributed by atoms with van der Waals surface area (Å²) in [5.74, 6) is 0. The van der Waals surface area contributed by atoms with Crippen molar-refractivity contribution in [3.05, 3.63) is 35.4 Å². The number of fused-ring (bicyclic) bond motifs is 1. The fourth-order valence-corrected chi connectivity index (χ4v) is 3.89. The predicted molar refractivity (Wildman–Crippen MR) is 81.9 cm³/mol. The van der Waals surface area contributed by atoms with Crippen LogP contribution in [0.5, 0.6) is 0 Å². The van der Waals surface area contributed by atoms with E-state index in [1.165, 1.54) is 11.1 Å². The second-order valence-electron chi connectivity index (χ2n) is 6.32. The summed E-state index contributed by atoms with van der Waals surface area (Å²) in [5, 5.41) is 0. The van der Waals surface area contributed by atoms with Crippen molar-refractivity contribution in [1.29, 1.82) is 0 Å². The Morgan fingerprint density at radius 3 is 2.45 bits per heavy atom. The summed E-state index contributed by atoms with van der Waals surface area (Å²) in [4.78, 5) is 2.64. The summed E-state index contributed by atoms with van der Waals surface area (Å²) in [6.07, 6.45) is 4.77. The van der Waals surface area contributed by atoms with Gasteiger partial charge < -0.3 is 10.5 Å². The standard InChI is InChI=1S/C17H26N2O/c1-14-12-17(13-18,8-11-20-14)19-9-6-15-4-2-3-5-16(15)7-10-19/h2-5,14H,6-13,18H2,1H3. The molecule has 1 saturated heterocycles. The zero-order valence-corrected chi connectivity index (χ0v) is 12.5. The molecule has 3 rings (SSSR count). The highest BCUT2D eigenvalue weighted by Gasteiger charge is 2.39. The van der Waals surface area contributed by atoms with E-state index in [1.54, 1.807) is 0 Å². The second-order valence-corrected chi connectivity index (χ2v) is 6.32. The van der Waals surface area contributed by atoms with Crippen LogP contribution in [0.25, 0.3) is 0 Å². The molecule has 2 heterocycles. The molecule has 110 valence electrons. The van der Waals surface area contributed by atoms with E-state index in [2.05, 4.69) is 36.1 Å². The van der Waals surface area contributed by atoms with E-state index in [9.17, 15) is 0 Å². The van der Waals surface area contributed by atoms with Crippen molar-refractivity contribution in [2.45, 2.75) is 44.2 Å². The van der Waals surface area contributed by atoms with Crippen LogP contribution < -0.4 is 5.73 Å². The highest BCUT2D eigenvalue weighted by Crippen LogP contribution is 2.32. The number of nitrogens with zero attached hydrogens (tertiary/aromatic N) is 1. The van der Waals surface area contributed by atoms with Gasteiger partial charge >= 0.3 is 0 Å². The number of nitrogens with two attached hydrogens (primary N) is 1. The maximum Gasteiger partial charge on any atom is 0.0565 e. The van der Waals surface area contributed by atoms with Gasteiger partial charge in [0.15, 0.2) is 0 Å². The lowest BCUT2D eigenvalue weighted by molar-refractivity contribution is -0.0626. The van der Waals surface area contributed by atoms with Gasteiger partial charge in [-0.05, 0) is 43.7 Å². The molecule has 0 spiro atoms. The maximum absolute atomic E-state index is 6.19. The van der Waals surface area contributed by atoms with Gasteiger partial charge in [-0.1, -0.05) is 24.3 Å². The number of benzene rings is 1. The molecule has 2 aliphatic rings. The van der Waals surface area contributed by atoms with Gasteiger partial charge in [0, 0.05) is 31.8 Å². The molecule has 1 aromatic rings. The molecule has 2 unspecified atom stereocenters. The quantitative estimate of drug-likeness (QED) is 0.896. The molecule has 2 aliphatic heterocycles. The lowest BCUT2D eigenvalue weighted by atomic mass is 9.85. The first kappa shape index (κ1) is 14.1. The molecule has 0 saturated carbocycles. The summed E-state index contributed by atoms with van der Waals surface area (Å²) in [6, 6.07) is 8.87. The Morgan fingerprint density at radius 2 is 1.90 bits per heavy atom. The molecule has 0 aliphatic carbocycles. The highest BCUT2D eigenvalue weighted by molar-refractivity contribution is 5.29. The molecule has 1 fully saturated rings. The second kappa shape index (κ2) is 5.84. The van der Waals surface area contributed by atoms with Crippen LogP contribution in [0.3, 0.4) is 0 Å². The van der Waals surface area contributed by atoms with Gasteiger partial charge in [0.2, 0.25) is 0 Å². The average molecular weight is 274 g/mol. The van der Waals surface area contributed by atoms with Crippen molar-refractivity contribution in [2.75, 3.05) is 26.2 Å². The van der Waals surface area contributed by atoms with Crippen LogP contribution >= 0.6 is 0 Å². The van der Waals surface area contributed by atoms with Crippen LogP contribution in [0.2, 0.25) is 0 Å². The summed E-state index contributed by atoms with van der Waals surface area (Å²) in [6.45, 7) is 6.02. The smallest absolute Gasteiger partial charge is 0.0565 e. The van der Waals surface area contributed by atoms with E-state index in [0.717, 1.165) is 51.9 Å². The third-order valence-electron chi connectivity index (χ3n) is 5.11. The van der Waals surface area contributed by atoms with Gasteiger partial charge in [0.1, 0.15) is 0 Å². The molecule has 2 N–H and O–H groups in total. The Bertz CT molecular complexity index is 435. The monoisotopic (exact) mass is 274 g/mol. The summed E-state index contributed by atoms with van der Waals surface area (Å²) < 4.78 is 5.74. The summed E-state index contributed by atoms with van der Waals surface area (Å²) in [7, 11) is 0. The van der Waals surface area contributed by atoms with E-state index in [1.807, 2.05) is 0 Å². The van der Waals surface area contributed by atoms with E-state index >= 15 is 0 Å². The first-order valence-corrected chi connectivity index (χ1v) is 7.87. The normalized spacial score (nSPS) is 31.6. The van der Waals surface area contributed by atoms with Gasteiger partial charge in [-0.15, -0.1) is 0 Å². The van der Waals surface area contributed by atoms with Gasteiger partial charge in [-0.25, -0.2) is 0 Å². The zero-order chi connectivity index (χ0) is 14.0. The van der Waals surface area contributed by atoms with Gasteiger partial charge in [0.25, 0.3) is 0 Å². The lowest BCUT2D eigenvalue weighted by Crippen LogP contribution is -2.58. The number of hydrogen-bond acceptors (Lipinski definition) is 3. The Balaban J connectivity index is 1.78. The maximum atomic E-state index is 6.19. The average Bonchev–Trinajstić information content (AvgIpc) is 2.70. The number of hydrogen-bond donors (Lipinski definition) is 1. The third-order valence-corrected chi connectivity index (χ3v) is 5.11. The number of ether oxygens (including phenoxy) is 1. The largest absolute Gasteiger partial charge is 0.378 e. The molecule has 20 heavy (non-hydrogen) atoms. The molecular weight excluding hydrogens is 248 g/mol. The zero-order valence-electron chi connectivity index (χ0n) is 12.5. The van der Waals surface area contributed by atoms with Gasteiger partial charge in [0.05, 0.1) is 6.10 Å². The van der Waals surface area contributed by atoms with Crippen LogP contribution in [-0.4, -0.2) is 42.8 Å². The molecule has 0 amide bonds. The fraction of sp³-hybridized carbons (Fsp3) is 0.647. The first-order chi connectivity index (χ1) is 9.73. The minimum absolute atomic E-state index is 0.152. The minimum Gasteiger partial charge on any atom is -0.378 e. The SMILES string of the molecule is CC1CC(CN)(N2CCc3ccccc3CC2)CCO1. The molecule has 1 aromatic carbocycles. The van der Waals surface area contributed by atoms with Crippen LogP contribution in [-0.2, 0) is 17.6 Å². The minimum atomic E-state index is 0.152. The number of rotatable bonds is 2. The van der Waals surface area contributed by atoms with Crippen molar-refractivity contribution >= 4 is 0 Å². The van der Waals surface area contributed by atoms with E-state index in [0.29, 0.717) is 6.10 Å². The van der Waals surface area contributed by atoms with Gasteiger partial charge in [-0.2, -0.15) is 0 Å². The van der Waals surface area contributed by atoms with Crippen molar-refractivity contribution < 1.29 is 4.74 Å². The van der Waals surface area contributed by atoms with Crippen molar-refractivity contribution in [2.24, 2.45) is 5.73 Å². The topological polar surface area (TPSA) is 38.5 Å². The van der Waals surface area contributed by atoms with Crippen LogP contribution in [0, 0.1) is 0 Å². The Hall–Kier alpha value is -0.900. The van der Waals surface area contributed by atoms with Crippen LogP contribution in [0.15, 0.2) is 24.3 Å². The predicted octanol–water partition coefficient (Wildman–Crippen LogP) is 1.98. The molecular formula is C17H26N2O. The molecule has 3 heteroatoms. The summed E-state index contributed by atoms with van der Waals surface area (Å²) >= 11 is 0. The Labute approximate surface area is 122 Å². The molecule has 0 aromatic heterocycles. The highest BCUT2D eigenvalue weighted by atomic mass is 16.5. The fourth-order valence-electron chi connectivity index (χ4n) is 3.89. The third kappa shape index (κ3) is 2.62. The van der Waals surface area contributed by atoms with Gasteiger partial charge in [-0.3, -0.25) is 4.90 Å². The van der Waals surface area contributed by atoms with E-state index in [4.69, 9.17) is 10.5 Å². The summed E-state index contributed by atoms with van der Waals surface area (Å²) in [5.41, 5.74) is 9.37. The molecule has 0 bridgehead atoms. The molecule has 3 nitrogen and oxygen atoms in total. The van der Waals surface area contributed by atoms with Crippen molar-refractivity contribution in [3.8, 4) is 0 Å².